The second-order valence-corrected chi connectivity index (χ2v) is 9.69. The van der Waals surface area contributed by atoms with Gasteiger partial charge in [-0.1, -0.05) is 49.7 Å². The summed E-state index contributed by atoms with van der Waals surface area (Å²) in [4.78, 5) is 28.9. The number of rotatable bonds is 15. The first-order chi connectivity index (χ1) is 17.5. The number of ether oxygens (including phenoxy) is 1. The van der Waals surface area contributed by atoms with Gasteiger partial charge in [-0.25, -0.2) is 0 Å². The van der Waals surface area contributed by atoms with Crippen LogP contribution in [-0.4, -0.2) is 67.6 Å². The Kier molecular flexibility index (Phi) is 11.4. The third kappa shape index (κ3) is 8.42. The van der Waals surface area contributed by atoms with Crippen molar-refractivity contribution in [2.24, 2.45) is 5.18 Å². The minimum absolute atomic E-state index is 0.197. The van der Waals surface area contributed by atoms with Gasteiger partial charge in [-0.15, -0.1) is 0 Å². The Bertz CT molecular complexity index is 981. The average molecular weight is 495 g/mol. The Labute approximate surface area is 216 Å². The first-order valence-corrected chi connectivity index (χ1v) is 13.4. The summed E-state index contributed by atoms with van der Waals surface area (Å²) in [6.07, 6.45) is 4.39. The molecule has 196 valence electrons. The summed E-state index contributed by atoms with van der Waals surface area (Å²) in [5.74, 6) is 0.609. The van der Waals surface area contributed by atoms with E-state index in [9.17, 15) is 9.70 Å². The summed E-state index contributed by atoms with van der Waals surface area (Å²) in [6.45, 7) is 12.7. The maximum atomic E-state index is 12.7. The molecule has 7 nitrogen and oxygen atoms in total. The molecule has 1 N–H and O–H groups in total. The molecule has 1 aliphatic heterocycles. The molecule has 1 amide bonds. The van der Waals surface area contributed by atoms with Crippen molar-refractivity contribution in [1.29, 1.82) is 0 Å². The van der Waals surface area contributed by atoms with Crippen molar-refractivity contribution in [3.05, 3.63) is 69.6 Å². The molecule has 0 aromatic heterocycles. The summed E-state index contributed by atoms with van der Waals surface area (Å²) < 4.78 is 5.98. The number of fused-ring (bicyclic) bond motifs is 1. The Balaban J connectivity index is 1.43. The molecule has 3 rings (SSSR count). The fraction of sp³-hybridized carbons (Fsp3) is 0.552. The molecule has 36 heavy (non-hydrogen) atoms. The fourth-order valence-electron chi connectivity index (χ4n) is 4.69. The van der Waals surface area contributed by atoms with Crippen LogP contribution in [0.25, 0.3) is 0 Å². The van der Waals surface area contributed by atoms with Crippen molar-refractivity contribution in [2.75, 3.05) is 45.9 Å². The van der Waals surface area contributed by atoms with Gasteiger partial charge < -0.3 is 15.0 Å². The van der Waals surface area contributed by atoms with Gasteiger partial charge in [0.2, 0.25) is 0 Å². The van der Waals surface area contributed by atoms with Gasteiger partial charge in [-0.05, 0) is 74.2 Å². The maximum absolute atomic E-state index is 12.7. The molecule has 0 radical (unpaired) electrons. The highest BCUT2D eigenvalue weighted by Gasteiger charge is 2.21. The zero-order chi connectivity index (χ0) is 25.8. The number of hydrogen-bond donors (Lipinski definition) is 1. The Morgan fingerprint density at radius 1 is 1.14 bits per heavy atom. The minimum atomic E-state index is -0.483. The van der Waals surface area contributed by atoms with E-state index in [2.05, 4.69) is 52.3 Å². The number of carbonyl (C=O) groups is 1. The molecule has 0 bridgehead atoms. The highest BCUT2D eigenvalue weighted by Crippen LogP contribution is 2.20. The molecule has 0 saturated heterocycles. The second-order valence-electron chi connectivity index (χ2n) is 9.69. The Hall–Kier alpha value is -2.77. The first-order valence-electron chi connectivity index (χ1n) is 13.4. The number of hydrogen-bond acceptors (Lipinski definition) is 6. The van der Waals surface area contributed by atoms with Crippen LogP contribution in [0.15, 0.2) is 47.6 Å². The largest absolute Gasteiger partial charge is 0.493 e. The van der Waals surface area contributed by atoms with Gasteiger partial charge in [-0.3, -0.25) is 9.69 Å². The smallest absolute Gasteiger partial charge is 0.251 e. The van der Waals surface area contributed by atoms with E-state index < -0.39 is 6.04 Å². The van der Waals surface area contributed by atoms with Crippen LogP contribution >= 0.6 is 0 Å². The number of amides is 1. The number of nitroso groups, excluding NO2 is 1. The summed E-state index contributed by atoms with van der Waals surface area (Å²) in [7, 11) is 0. The number of nitrogens with one attached hydrogen (secondary N) is 1. The van der Waals surface area contributed by atoms with Gasteiger partial charge in [0.05, 0.1) is 6.61 Å². The van der Waals surface area contributed by atoms with E-state index >= 15 is 0 Å². The predicted molar refractivity (Wildman–Crippen MR) is 146 cm³/mol. The lowest BCUT2D eigenvalue weighted by Gasteiger charge is -2.30. The standard InChI is InChI=1S/C29H42N4O3/c1-4-6-15-32(5-2)16-9-18-36-28-13-12-25(19-23(28)3)29(34)30-20-27(31-35)22-33-17-14-24-10-7-8-11-26(24)21-33/h7-8,10-13,19,27H,4-6,9,14-18,20-22H2,1-3H3,(H,30,34). The van der Waals surface area contributed by atoms with Crippen LogP contribution in [0, 0.1) is 11.8 Å². The fourth-order valence-corrected chi connectivity index (χ4v) is 4.69. The molecule has 0 spiro atoms. The summed E-state index contributed by atoms with van der Waals surface area (Å²) in [6, 6.07) is 13.4. The molecule has 2 aromatic rings. The third-order valence-corrected chi connectivity index (χ3v) is 6.91. The zero-order valence-electron chi connectivity index (χ0n) is 22.2. The summed E-state index contributed by atoms with van der Waals surface area (Å²) >= 11 is 0. The molecular formula is C29H42N4O3. The third-order valence-electron chi connectivity index (χ3n) is 6.91. The van der Waals surface area contributed by atoms with E-state index in [1.807, 2.05) is 25.1 Å². The van der Waals surface area contributed by atoms with E-state index in [0.717, 1.165) is 56.9 Å². The van der Waals surface area contributed by atoms with Crippen molar-refractivity contribution < 1.29 is 9.53 Å². The summed E-state index contributed by atoms with van der Waals surface area (Å²) in [5.41, 5.74) is 4.16. The van der Waals surface area contributed by atoms with Gasteiger partial charge in [0.25, 0.3) is 5.91 Å². The van der Waals surface area contributed by atoms with Crippen molar-refractivity contribution in [2.45, 2.75) is 59.0 Å². The SMILES string of the molecule is CCCCN(CC)CCCOc1ccc(C(=O)NCC(CN2CCc3ccccc3C2)N=O)cc1C. The van der Waals surface area contributed by atoms with Gasteiger partial charge >= 0.3 is 0 Å². The van der Waals surface area contributed by atoms with Gasteiger partial charge in [0.1, 0.15) is 11.8 Å². The van der Waals surface area contributed by atoms with Crippen LogP contribution in [0.3, 0.4) is 0 Å². The molecule has 0 aliphatic carbocycles. The highest BCUT2D eigenvalue weighted by atomic mass is 16.5. The average Bonchev–Trinajstić information content (AvgIpc) is 2.91. The van der Waals surface area contributed by atoms with E-state index in [-0.39, 0.29) is 12.5 Å². The molecular weight excluding hydrogens is 452 g/mol. The monoisotopic (exact) mass is 494 g/mol. The van der Waals surface area contributed by atoms with E-state index in [1.165, 1.54) is 24.0 Å². The van der Waals surface area contributed by atoms with Crippen molar-refractivity contribution in [3.8, 4) is 5.75 Å². The van der Waals surface area contributed by atoms with Crippen LogP contribution in [-0.2, 0) is 13.0 Å². The molecule has 1 atom stereocenters. The molecule has 1 unspecified atom stereocenters. The molecule has 1 aliphatic rings. The van der Waals surface area contributed by atoms with Crippen molar-refractivity contribution in [3.63, 3.8) is 0 Å². The summed E-state index contributed by atoms with van der Waals surface area (Å²) in [5, 5.41) is 6.17. The van der Waals surface area contributed by atoms with Crippen LogP contribution < -0.4 is 10.1 Å². The Morgan fingerprint density at radius 2 is 1.92 bits per heavy atom. The van der Waals surface area contributed by atoms with E-state index in [4.69, 9.17) is 4.74 Å². The number of benzene rings is 2. The quantitative estimate of drug-likeness (QED) is 0.284. The molecule has 1 heterocycles. The van der Waals surface area contributed by atoms with Gasteiger partial charge in [0.15, 0.2) is 0 Å². The van der Waals surface area contributed by atoms with E-state index in [1.54, 1.807) is 6.07 Å². The van der Waals surface area contributed by atoms with Gasteiger partial charge in [0, 0.05) is 38.3 Å². The van der Waals surface area contributed by atoms with Crippen LogP contribution in [0.1, 0.15) is 60.2 Å². The van der Waals surface area contributed by atoms with Crippen molar-refractivity contribution >= 4 is 5.91 Å². The lowest BCUT2D eigenvalue weighted by Crippen LogP contribution is -2.41. The highest BCUT2D eigenvalue weighted by molar-refractivity contribution is 5.94. The first kappa shape index (κ1) is 27.8. The molecule has 0 saturated carbocycles. The lowest BCUT2D eigenvalue weighted by atomic mass is 9.99. The maximum Gasteiger partial charge on any atom is 0.251 e. The zero-order valence-corrected chi connectivity index (χ0v) is 22.2. The van der Waals surface area contributed by atoms with Crippen LogP contribution in [0.2, 0.25) is 0 Å². The molecule has 7 heteroatoms. The lowest BCUT2D eigenvalue weighted by molar-refractivity contribution is 0.0948. The van der Waals surface area contributed by atoms with Crippen molar-refractivity contribution in [1.82, 2.24) is 15.1 Å². The van der Waals surface area contributed by atoms with Crippen LogP contribution in [0.4, 0.5) is 0 Å². The Morgan fingerprint density at radius 3 is 2.64 bits per heavy atom. The topological polar surface area (TPSA) is 74.2 Å². The van der Waals surface area contributed by atoms with Gasteiger partial charge in [-0.2, -0.15) is 4.91 Å². The van der Waals surface area contributed by atoms with E-state index in [0.29, 0.717) is 18.7 Å². The molecule has 2 aromatic carbocycles. The second kappa shape index (κ2) is 14.7. The number of unbranched alkanes of at least 4 members (excludes halogenated alkanes) is 1. The normalized spacial score (nSPS) is 14.3. The number of carbonyl (C=O) groups excluding carboxylic acids is 1. The van der Waals surface area contributed by atoms with Crippen LogP contribution in [0.5, 0.6) is 5.75 Å². The number of nitrogens with zero attached hydrogens (tertiary/aromatic N) is 3. The predicted octanol–water partition coefficient (Wildman–Crippen LogP) is 4.81. The molecule has 0 fully saturated rings. The minimum Gasteiger partial charge on any atom is -0.493 e. The number of aryl methyl sites for hydroxylation is 1.